The van der Waals surface area contributed by atoms with Gasteiger partial charge in [-0.15, -0.1) is 10.2 Å². The van der Waals surface area contributed by atoms with Gasteiger partial charge in [-0.05, 0) is 72.9 Å². The van der Waals surface area contributed by atoms with Crippen molar-refractivity contribution in [1.29, 1.82) is 0 Å². The molecule has 4 aromatic rings. The van der Waals surface area contributed by atoms with Gasteiger partial charge in [-0.2, -0.15) is 0 Å². The van der Waals surface area contributed by atoms with E-state index in [0.29, 0.717) is 5.56 Å². The summed E-state index contributed by atoms with van der Waals surface area (Å²) in [7, 11) is 5.76. The van der Waals surface area contributed by atoms with Crippen molar-refractivity contribution in [3.8, 4) is 11.6 Å². The van der Waals surface area contributed by atoms with Crippen LogP contribution in [0.1, 0.15) is 16.7 Å². The molecule has 0 amide bonds. The van der Waals surface area contributed by atoms with Gasteiger partial charge >= 0.3 is 0 Å². The number of aromatic amines is 1. The second kappa shape index (κ2) is 9.00. The van der Waals surface area contributed by atoms with Crippen LogP contribution in [0.3, 0.4) is 0 Å². The van der Waals surface area contributed by atoms with Crippen molar-refractivity contribution in [2.24, 2.45) is 10.2 Å². The fourth-order valence-electron chi connectivity index (χ4n) is 4.11. The summed E-state index contributed by atoms with van der Waals surface area (Å²) in [5.74, 6) is 0.861. The number of azo groups is 1. The van der Waals surface area contributed by atoms with Crippen molar-refractivity contribution in [2.45, 2.75) is 6.54 Å². The highest BCUT2D eigenvalue weighted by Gasteiger charge is 2.11. The number of nitrogens with zero attached hydrogens (tertiary/aromatic N) is 3. The van der Waals surface area contributed by atoms with Crippen molar-refractivity contribution < 1.29 is 9.84 Å². The predicted octanol–water partition coefficient (Wildman–Crippen LogP) is 4.69. The van der Waals surface area contributed by atoms with E-state index in [2.05, 4.69) is 64.5 Å². The van der Waals surface area contributed by atoms with E-state index >= 15 is 0 Å². The van der Waals surface area contributed by atoms with Crippen LogP contribution in [0.2, 0.25) is 0 Å². The van der Waals surface area contributed by atoms with Gasteiger partial charge in [0.2, 0.25) is 0 Å². The van der Waals surface area contributed by atoms with E-state index in [4.69, 9.17) is 4.74 Å². The van der Waals surface area contributed by atoms with Gasteiger partial charge in [0.15, 0.2) is 5.88 Å². The molecule has 1 aliphatic rings. The number of hydrogen-bond donors (Lipinski definition) is 2. The lowest BCUT2D eigenvalue weighted by atomic mass is 10.1. The van der Waals surface area contributed by atoms with Crippen LogP contribution in [0.15, 0.2) is 77.0 Å². The Bertz CT molecular complexity index is 1540. The molecule has 0 atom stereocenters. The molecular formula is C28H26N4O2. The molecule has 0 radical (unpaired) electrons. The van der Waals surface area contributed by atoms with Crippen molar-refractivity contribution in [1.82, 2.24) is 9.88 Å². The summed E-state index contributed by atoms with van der Waals surface area (Å²) in [4.78, 5) is 5.17. The van der Waals surface area contributed by atoms with E-state index in [1.54, 1.807) is 7.11 Å². The molecule has 0 spiro atoms. The fraction of sp³-hybridized carbons (Fsp3) is 0.143. The molecule has 6 nitrogen and oxygen atoms in total. The average molecular weight is 451 g/mol. The van der Waals surface area contributed by atoms with Gasteiger partial charge in [-0.1, -0.05) is 36.4 Å². The minimum atomic E-state index is 0.122. The van der Waals surface area contributed by atoms with Crippen molar-refractivity contribution in [3.05, 3.63) is 93.9 Å². The molecular weight excluding hydrogens is 424 g/mol. The summed E-state index contributed by atoms with van der Waals surface area (Å²) in [5.41, 5.74) is 5.61. The smallest absolute Gasteiger partial charge is 0.196 e. The maximum Gasteiger partial charge on any atom is 0.196 e. The molecule has 170 valence electrons. The van der Waals surface area contributed by atoms with Crippen molar-refractivity contribution in [3.63, 3.8) is 0 Å². The first-order chi connectivity index (χ1) is 16.5. The highest BCUT2D eigenvalue weighted by Crippen LogP contribution is 2.30. The molecule has 0 aliphatic carbocycles. The molecule has 6 heteroatoms. The third kappa shape index (κ3) is 4.36. The number of rotatable bonds is 6. The second-order valence-corrected chi connectivity index (χ2v) is 8.62. The molecule has 5 rings (SSSR count). The lowest BCUT2D eigenvalue weighted by Gasteiger charge is -2.09. The molecule has 0 saturated carbocycles. The van der Waals surface area contributed by atoms with Gasteiger partial charge in [0.25, 0.3) is 0 Å². The zero-order valence-electron chi connectivity index (χ0n) is 19.4. The Morgan fingerprint density at radius 1 is 0.971 bits per heavy atom. The summed E-state index contributed by atoms with van der Waals surface area (Å²) < 4.78 is 5.34. The number of H-pyrrole nitrogens is 1. The zero-order chi connectivity index (χ0) is 23.7. The third-order valence-corrected chi connectivity index (χ3v) is 5.81. The van der Waals surface area contributed by atoms with Crippen LogP contribution >= 0.6 is 0 Å². The van der Waals surface area contributed by atoms with E-state index in [9.17, 15) is 5.11 Å². The Balaban J connectivity index is 1.45. The number of ether oxygens (including phenoxy) is 1. The second-order valence-electron chi connectivity index (χ2n) is 8.62. The van der Waals surface area contributed by atoms with Crippen LogP contribution in [-0.2, 0) is 6.54 Å². The van der Waals surface area contributed by atoms with Crippen LogP contribution in [0.4, 0.5) is 5.69 Å². The molecule has 1 aromatic heterocycles. The number of benzene rings is 3. The molecule has 0 saturated heterocycles. The Morgan fingerprint density at radius 3 is 2.56 bits per heavy atom. The summed E-state index contributed by atoms with van der Waals surface area (Å²) in [6.07, 6.45) is 5.99. The lowest BCUT2D eigenvalue weighted by molar-refractivity contribution is 0.402. The average Bonchev–Trinajstić information content (AvgIpc) is 3.38. The minimum absolute atomic E-state index is 0.122. The van der Waals surface area contributed by atoms with Crippen molar-refractivity contribution in [2.75, 3.05) is 21.2 Å². The molecule has 0 unspecified atom stereocenters. The molecule has 0 fully saturated rings. The van der Waals surface area contributed by atoms with Gasteiger partial charge in [-0.25, -0.2) is 0 Å². The number of aromatic nitrogens is 1. The van der Waals surface area contributed by atoms with Gasteiger partial charge in [0.1, 0.15) is 5.75 Å². The largest absolute Gasteiger partial charge is 0.497 e. The number of fused-ring (bicyclic) bond motifs is 2. The van der Waals surface area contributed by atoms with E-state index in [0.717, 1.165) is 50.6 Å². The summed E-state index contributed by atoms with van der Waals surface area (Å²) >= 11 is 0. The molecule has 0 bridgehead atoms. The highest BCUT2D eigenvalue weighted by atomic mass is 16.5. The first-order valence-corrected chi connectivity index (χ1v) is 11.1. The molecule has 3 aromatic carbocycles. The SMILES string of the molecule is COc1ccc2[nH]c(O)c(/C=c3/ccc4c(c3)N=NC=4/C=C/c3ccc(CN(C)C)cc3)c2c1. The molecule has 1 aliphatic heterocycles. The van der Waals surface area contributed by atoms with Gasteiger partial charge in [0, 0.05) is 28.2 Å². The van der Waals surface area contributed by atoms with E-state index in [-0.39, 0.29) is 5.88 Å². The van der Waals surface area contributed by atoms with Gasteiger partial charge in [0.05, 0.1) is 18.5 Å². The number of aromatic hydroxyl groups is 1. The first kappa shape index (κ1) is 21.7. The highest BCUT2D eigenvalue weighted by molar-refractivity contribution is 5.92. The summed E-state index contributed by atoms with van der Waals surface area (Å²) in [5, 5.41) is 22.0. The summed E-state index contributed by atoms with van der Waals surface area (Å²) in [6, 6.07) is 20.2. The molecule has 2 heterocycles. The number of methoxy groups -OCH3 is 1. The Hall–Kier alpha value is -4.16. The van der Waals surface area contributed by atoms with Crippen LogP contribution in [0, 0.1) is 0 Å². The van der Waals surface area contributed by atoms with E-state index < -0.39 is 0 Å². The minimum Gasteiger partial charge on any atom is -0.497 e. The van der Waals surface area contributed by atoms with Gasteiger partial charge < -0.3 is 19.7 Å². The zero-order valence-corrected chi connectivity index (χ0v) is 19.4. The van der Waals surface area contributed by atoms with Crippen molar-refractivity contribution >= 4 is 34.4 Å². The Kier molecular flexibility index (Phi) is 5.74. The Morgan fingerprint density at radius 2 is 1.79 bits per heavy atom. The topological polar surface area (TPSA) is 73.2 Å². The standard InChI is InChI=1S/C28H26N4O2/c1-32(2)17-19-6-4-18(5-7-19)9-12-26-22-11-8-20(15-27(22)31-30-26)14-24-23-16-21(34-3)10-13-25(23)29-28(24)33/h4-16,29,33H,17H2,1-3H3/b12-9+,20-14-. The van der Waals surface area contributed by atoms with Crippen LogP contribution < -0.4 is 15.2 Å². The fourth-order valence-corrected chi connectivity index (χ4v) is 4.11. The number of nitrogens with one attached hydrogen (secondary N) is 1. The molecule has 34 heavy (non-hydrogen) atoms. The lowest BCUT2D eigenvalue weighted by Crippen LogP contribution is -2.10. The summed E-state index contributed by atoms with van der Waals surface area (Å²) in [6.45, 7) is 0.923. The van der Waals surface area contributed by atoms with Crippen LogP contribution in [0.5, 0.6) is 11.6 Å². The maximum absolute atomic E-state index is 10.4. The maximum atomic E-state index is 10.4. The first-order valence-electron chi connectivity index (χ1n) is 11.1. The molecule has 2 N–H and O–H groups in total. The van der Waals surface area contributed by atoms with E-state index in [1.165, 1.54) is 5.56 Å². The quantitative estimate of drug-likeness (QED) is 0.448. The Labute approximate surface area is 197 Å². The monoisotopic (exact) mass is 450 g/mol. The third-order valence-electron chi connectivity index (χ3n) is 5.81. The van der Waals surface area contributed by atoms with Crippen LogP contribution in [-0.4, -0.2) is 36.2 Å². The van der Waals surface area contributed by atoms with Gasteiger partial charge in [-0.3, -0.25) is 0 Å². The number of hydrogen-bond acceptors (Lipinski definition) is 5. The predicted molar refractivity (Wildman–Crippen MR) is 137 cm³/mol. The van der Waals surface area contributed by atoms with E-state index in [1.807, 2.05) is 48.6 Å². The normalized spacial score (nSPS) is 13.5. The van der Waals surface area contributed by atoms with Crippen LogP contribution in [0.25, 0.3) is 28.8 Å².